The zero-order valence-electron chi connectivity index (χ0n) is 28.7. The molecule has 1 aliphatic rings. The van der Waals surface area contributed by atoms with E-state index < -0.39 is 0 Å². The van der Waals surface area contributed by atoms with Crippen molar-refractivity contribution in [3.05, 3.63) is 210 Å². The van der Waals surface area contributed by atoms with E-state index in [1.165, 1.54) is 55.6 Å². The van der Waals surface area contributed by atoms with Crippen molar-refractivity contribution >= 4 is 39.0 Å². The summed E-state index contributed by atoms with van der Waals surface area (Å²) in [6.07, 6.45) is 1.70. The summed E-state index contributed by atoms with van der Waals surface area (Å²) in [5.41, 5.74) is 18.0. The summed E-state index contributed by atoms with van der Waals surface area (Å²) in [4.78, 5) is 2.39. The van der Waals surface area contributed by atoms with Crippen molar-refractivity contribution in [3.63, 3.8) is 0 Å². The minimum absolute atomic E-state index is 0.840. The Balaban J connectivity index is 1.18. The lowest BCUT2D eigenvalue weighted by atomic mass is 9.84. The molecule has 1 aromatic heterocycles. The van der Waals surface area contributed by atoms with Crippen molar-refractivity contribution in [2.75, 3.05) is 4.90 Å². The fourth-order valence-corrected chi connectivity index (χ4v) is 8.06. The molecule has 0 radical (unpaired) electrons. The average molecular weight is 666 g/mol. The van der Waals surface area contributed by atoms with Gasteiger partial charge < -0.3 is 9.32 Å². The first-order valence-corrected chi connectivity index (χ1v) is 18.0. The van der Waals surface area contributed by atoms with Crippen LogP contribution in [0.4, 0.5) is 17.1 Å². The summed E-state index contributed by atoms with van der Waals surface area (Å²) in [6, 6.07) is 68.2. The zero-order chi connectivity index (χ0) is 34.4. The first kappa shape index (κ1) is 30.2. The van der Waals surface area contributed by atoms with Gasteiger partial charge in [0.05, 0.1) is 0 Å². The number of anilines is 3. The third-order valence-electron chi connectivity index (χ3n) is 10.6. The maximum absolute atomic E-state index is 6.26. The van der Waals surface area contributed by atoms with E-state index in [9.17, 15) is 0 Å². The van der Waals surface area contributed by atoms with Gasteiger partial charge in [0.1, 0.15) is 11.2 Å². The van der Waals surface area contributed by atoms with Gasteiger partial charge in [-0.05, 0) is 117 Å². The van der Waals surface area contributed by atoms with Gasteiger partial charge in [-0.1, -0.05) is 140 Å². The van der Waals surface area contributed by atoms with Crippen LogP contribution in [0.1, 0.15) is 22.3 Å². The van der Waals surface area contributed by atoms with Gasteiger partial charge in [0.25, 0.3) is 0 Å². The molecule has 10 rings (SSSR count). The van der Waals surface area contributed by atoms with Crippen LogP contribution in [0, 0.1) is 0 Å². The Labute approximate surface area is 303 Å². The van der Waals surface area contributed by atoms with Crippen molar-refractivity contribution in [1.82, 2.24) is 0 Å². The fourth-order valence-electron chi connectivity index (χ4n) is 8.06. The number of furan rings is 1. The first-order chi connectivity index (χ1) is 25.8. The van der Waals surface area contributed by atoms with Gasteiger partial charge in [0.15, 0.2) is 0 Å². The van der Waals surface area contributed by atoms with Crippen molar-refractivity contribution in [2.24, 2.45) is 0 Å². The molecule has 0 fully saturated rings. The monoisotopic (exact) mass is 665 g/mol. The molecule has 0 saturated carbocycles. The Kier molecular flexibility index (Phi) is 7.32. The third-order valence-corrected chi connectivity index (χ3v) is 10.6. The summed E-state index contributed by atoms with van der Waals surface area (Å²) in [6.45, 7) is 0. The fraction of sp³-hybridized carbons (Fsp3) is 0.0400. The van der Waals surface area contributed by atoms with E-state index in [0.29, 0.717) is 0 Å². The normalized spacial score (nSPS) is 12.1. The summed E-state index contributed by atoms with van der Waals surface area (Å²) >= 11 is 0. The average Bonchev–Trinajstić information content (AvgIpc) is 3.58. The van der Waals surface area contributed by atoms with Crippen LogP contribution in [0.25, 0.3) is 55.3 Å². The van der Waals surface area contributed by atoms with Crippen molar-refractivity contribution in [1.29, 1.82) is 0 Å². The smallest absolute Gasteiger partial charge is 0.135 e. The van der Waals surface area contributed by atoms with E-state index in [2.05, 4.69) is 181 Å². The molecule has 1 aliphatic carbocycles. The first-order valence-electron chi connectivity index (χ1n) is 18.0. The van der Waals surface area contributed by atoms with Crippen LogP contribution in [0.15, 0.2) is 192 Å². The molecule has 0 unspecified atom stereocenters. The molecule has 0 spiro atoms. The summed E-state index contributed by atoms with van der Waals surface area (Å²) in [5.74, 6) is 0. The van der Waals surface area contributed by atoms with Crippen LogP contribution in [0.5, 0.6) is 0 Å². The Hall–Kier alpha value is -6.64. The SMILES string of the molecule is c1ccc(-c2ccc(N(c3ccc4c(c3)-c3ccccc3Cc3ccccc3-c3ccccc3C4)c3ccc4oc5ccccc5c4c3)cc2)cc1. The summed E-state index contributed by atoms with van der Waals surface area (Å²) in [5, 5.41) is 2.23. The number of fused-ring (bicyclic) bond motifs is 9. The number of nitrogens with zero attached hydrogens (tertiary/aromatic N) is 1. The lowest BCUT2D eigenvalue weighted by molar-refractivity contribution is 0.669. The molecule has 0 N–H and O–H groups in total. The van der Waals surface area contributed by atoms with E-state index in [4.69, 9.17) is 4.42 Å². The standard InChI is InChI=1S/C50H35NO/c1-2-12-34(13-3-1)35-22-25-40(26-23-35)51(42-28-29-50-48(33-42)46-20-10-11-21-49(46)52-50)41-27-24-39-31-37-15-5-8-18-44(37)43-17-7-4-14-36(43)30-38-16-6-9-19-45(38)47(39)32-41/h1-29,32-33H,30-31H2. The second-order valence-electron chi connectivity index (χ2n) is 13.7. The number of rotatable bonds is 4. The Morgan fingerprint density at radius 3 is 1.50 bits per heavy atom. The number of benzene rings is 8. The van der Waals surface area contributed by atoms with E-state index in [1.807, 2.05) is 12.1 Å². The summed E-state index contributed by atoms with van der Waals surface area (Å²) in [7, 11) is 0. The van der Waals surface area contributed by atoms with Crippen molar-refractivity contribution in [3.8, 4) is 33.4 Å². The molecule has 2 heteroatoms. The molecule has 246 valence electrons. The molecule has 52 heavy (non-hydrogen) atoms. The molecule has 0 saturated heterocycles. The second-order valence-corrected chi connectivity index (χ2v) is 13.7. The van der Waals surface area contributed by atoms with E-state index >= 15 is 0 Å². The van der Waals surface area contributed by atoms with Crippen LogP contribution in [0.3, 0.4) is 0 Å². The number of hydrogen-bond donors (Lipinski definition) is 0. The van der Waals surface area contributed by atoms with E-state index in [0.717, 1.165) is 51.8 Å². The maximum atomic E-state index is 6.26. The Morgan fingerprint density at radius 1 is 0.327 bits per heavy atom. The van der Waals surface area contributed by atoms with Gasteiger partial charge in [-0.15, -0.1) is 0 Å². The highest BCUT2D eigenvalue weighted by Crippen LogP contribution is 2.43. The summed E-state index contributed by atoms with van der Waals surface area (Å²) < 4.78 is 6.26. The third kappa shape index (κ3) is 5.28. The quantitative estimate of drug-likeness (QED) is 0.186. The molecule has 0 aliphatic heterocycles. The van der Waals surface area contributed by atoms with E-state index in [1.54, 1.807) is 0 Å². The molecule has 2 nitrogen and oxygen atoms in total. The molecular formula is C50H35NO. The molecule has 8 aromatic carbocycles. The van der Waals surface area contributed by atoms with Gasteiger partial charge in [0.2, 0.25) is 0 Å². The highest BCUT2D eigenvalue weighted by atomic mass is 16.3. The van der Waals surface area contributed by atoms with Crippen LogP contribution in [-0.2, 0) is 12.8 Å². The molecule has 0 atom stereocenters. The van der Waals surface area contributed by atoms with Crippen LogP contribution in [0.2, 0.25) is 0 Å². The van der Waals surface area contributed by atoms with Crippen LogP contribution < -0.4 is 4.90 Å². The Bertz CT molecular complexity index is 2740. The molecular weight excluding hydrogens is 631 g/mol. The Morgan fingerprint density at radius 2 is 0.808 bits per heavy atom. The largest absolute Gasteiger partial charge is 0.456 e. The van der Waals surface area contributed by atoms with Crippen LogP contribution in [-0.4, -0.2) is 0 Å². The predicted octanol–water partition coefficient (Wildman–Crippen LogP) is 13.6. The minimum atomic E-state index is 0.840. The van der Waals surface area contributed by atoms with Crippen LogP contribution >= 0.6 is 0 Å². The lowest BCUT2D eigenvalue weighted by Gasteiger charge is -2.28. The topological polar surface area (TPSA) is 16.4 Å². The number of hydrogen-bond acceptors (Lipinski definition) is 2. The zero-order valence-corrected chi connectivity index (χ0v) is 28.7. The van der Waals surface area contributed by atoms with Gasteiger partial charge in [0, 0.05) is 27.8 Å². The van der Waals surface area contributed by atoms with Crippen molar-refractivity contribution in [2.45, 2.75) is 12.8 Å². The predicted molar refractivity (Wildman–Crippen MR) is 217 cm³/mol. The number of para-hydroxylation sites is 1. The second kappa shape index (κ2) is 12.6. The van der Waals surface area contributed by atoms with E-state index in [-0.39, 0.29) is 0 Å². The minimum Gasteiger partial charge on any atom is -0.456 e. The molecule has 0 amide bonds. The maximum Gasteiger partial charge on any atom is 0.135 e. The van der Waals surface area contributed by atoms with Gasteiger partial charge in [-0.25, -0.2) is 0 Å². The van der Waals surface area contributed by atoms with Gasteiger partial charge in [-0.3, -0.25) is 0 Å². The van der Waals surface area contributed by atoms with Gasteiger partial charge >= 0.3 is 0 Å². The molecule has 9 aromatic rings. The lowest BCUT2D eigenvalue weighted by Crippen LogP contribution is -2.11. The molecule has 0 bridgehead atoms. The highest BCUT2D eigenvalue weighted by molar-refractivity contribution is 6.06. The van der Waals surface area contributed by atoms with Crippen molar-refractivity contribution < 1.29 is 4.42 Å². The molecule has 1 heterocycles. The van der Waals surface area contributed by atoms with Gasteiger partial charge in [-0.2, -0.15) is 0 Å². The highest BCUT2D eigenvalue weighted by Gasteiger charge is 2.21.